The highest BCUT2D eigenvalue weighted by molar-refractivity contribution is 6.06. The van der Waals surface area contributed by atoms with Crippen LogP contribution in [0.4, 0.5) is 5.69 Å². The first-order valence-electron chi connectivity index (χ1n) is 17.4. The van der Waals surface area contributed by atoms with Crippen LogP contribution < -0.4 is 4.90 Å². The summed E-state index contributed by atoms with van der Waals surface area (Å²) in [6.07, 6.45) is 4.20. The standard InChI is InChI=1S/C42H43N3O5/c1-3-23-43(27-30-15-9-6-10-16-30)39(47)36-35-21-22-42(50-35)37(36)40(48)45(34(28-46)25-29-13-7-5-8-14-29)38(42)41(49)44(24-4-2)33-20-19-31-17-11-12-18-32(31)26-33/h3-20,26,34-38,46H,1-2,21-25,27-28H2/t34-,35-,36+,37+,38?,42?/m1/s1. The van der Waals surface area contributed by atoms with Gasteiger partial charge in [0.1, 0.15) is 11.6 Å². The Morgan fingerprint density at radius 2 is 1.54 bits per heavy atom. The molecule has 50 heavy (non-hydrogen) atoms. The van der Waals surface area contributed by atoms with E-state index in [2.05, 4.69) is 13.2 Å². The van der Waals surface area contributed by atoms with Crippen molar-refractivity contribution >= 4 is 34.2 Å². The number of hydrogen-bond acceptors (Lipinski definition) is 5. The van der Waals surface area contributed by atoms with Gasteiger partial charge in [-0.15, -0.1) is 13.2 Å². The Bertz CT molecular complexity index is 1900. The highest BCUT2D eigenvalue weighted by Gasteiger charge is 2.75. The first-order valence-corrected chi connectivity index (χ1v) is 17.4. The average molecular weight is 670 g/mol. The number of ether oxygens (including phenoxy) is 1. The number of aliphatic hydroxyl groups is 1. The topological polar surface area (TPSA) is 90.4 Å². The van der Waals surface area contributed by atoms with Crippen LogP contribution in [0.25, 0.3) is 10.8 Å². The van der Waals surface area contributed by atoms with Gasteiger partial charge in [0, 0.05) is 25.3 Å². The van der Waals surface area contributed by atoms with Crippen LogP contribution >= 0.6 is 0 Å². The minimum absolute atomic E-state index is 0.187. The van der Waals surface area contributed by atoms with Gasteiger partial charge in [0.15, 0.2) is 0 Å². The number of amides is 3. The fourth-order valence-electron chi connectivity index (χ4n) is 8.53. The zero-order chi connectivity index (χ0) is 34.8. The van der Waals surface area contributed by atoms with Crippen LogP contribution in [0.1, 0.15) is 24.0 Å². The molecule has 3 heterocycles. The number of fused-ring (bicyclic) bond motifs is 2. The van der Waals surface area contributed by atoms with Crippen LogP contribution in [-0.2, 0) is 32.1 Å². The average Bonchev–Trinajstić information content (AvgIpc) is 3.80. The van der Waals surface area contributed by atoms with Crippen molar-refractivity contribution in [2.45, 2.75) is 49.6 Å². The molecule has 4 aromatic carbocycles. The Balaban J connectivity index is 1.30. The molecule has 3 fully saturated rings. The fourth-order valence-corrected chi connectivity index (χ4v) is 8.53. The monoisotopic (exact) mass is 669 g/mol. The molecular formula is C42H43N3O5. The summed E-state index contributed by atoms with van der Waals surface area (Å²) in [6.45, 7) is 8.36. The van der Waals surface area contributed by atoms with Crippen molar-refractivity contribution in [3.63, 3.8) is 0 Å². The van der Waals surface area contributed by atoms with E-state index in [1.54, 1.807) is 26.9 Å². The molecule has 3 aliphatic heterocycles. The normalized spacial score (nSPS) is 24.2. The van der Waals surface area contributed by atoms with Gasteiger partial charge in [0.05, 0.1) is 30.6 Å². The van der Waals surface area contributed by atoms with Crippen molar-refractivity contribution in [2.24, 2.45) is 11.8 Å². The molecule has 6 atom stereocenters. The highest BCUT2D eigenvalue weighted by Crippen LogP contribution is 2.59. The molecule has 3 aliphatic rings. The summed E-state index contributed by atoms with van der Waals surface area (Å²) >= 11 is 0. The second kappa shape index (κ2) is 14.1. The Hall–Kier alpha value is -5.05. The number of aliphatic hydroxyl groups excluding tert-OH is 1. The predicted octanol–water partition coefficient (Wildman–Crippen LogP) is 5.55. The number of benzene rings is 4. The van der Waals surface area contributed by atoms with Gasteiger partial charge in [-0.05, 0) is 53.3 Å². The second-order valence-corrected chi connectivity index (χ2v) is 13.6. The van der Waals surface area contributed by atoms with Crippen LogP contribution in [0.5, 0.6) is 0 Å². The number of carbonyl (C=O) groups excluding carboxylic acids is 3. The maximum Gasteiger partial charge on any atom is 0.253 e. The minimum Gasteiger partial charge on any atom is -0.394 e. The summed E-state index contributed by atoms with van der Waals surface area (Å²) in [5, 5.41) is 12.9. The summed E-state index contributed by atoms with van der Waals surface area (Å²) in [6, 6.07) is 31.4. The van der Waals surface area contributed by atoms with E-state index in [0.29, 0.717) is 38.0 Å². The lowest BCUT2D eigenvalue weighted by Gasteiger charge is -2.39. The molecule has 1 N–H and O–H groups in total. The molecule has 0 radical (unpaired) electrons. The lowest BCUT2D eigenvalue weighted by molar-refractivity contribution is -0.147. The van der Waals surface area contributed by atoms with Crippen molar-refractivity contribution in [3.8, 4) is 0 Å². The summed E-state index contributed by atoms with van der Waals surface area (Å²) in [5.74, 6) is -2.48. The third kappa shape index (κ3) is 5.82. The van der Waals surface area contributed by atoms with E-state index in [1.165, 1.54) is 0 Å². The number of hydrogen-bond donors (Lipinski definition) is 1. The van der Waals surface area contributed by atoms with E-state index < -0.39 is 35.6 Å². The van der Waals surface area contributed by atoms with E-state index in [-0.39, 0.29) is 30.9 Å². The summed E-state index contributed by atoms with van der Waals surface area (Å²) < 4.78 is 6.82. The SMILES string of the molecule is C=CCN(Cc1ccccc1)C(=O)[C@@H]1[C@H]2C(=O)N([C@@H](CO)Cc3ccccc3)C(C(=O)N(CC=C)c3ccc4ccccc4c3)C23CC[C@H]1O3. The summed E-state index contributed by atoms with van der Waals surface area (Å²) in [7, 11) is 0. The van der Waals surface area contributed by atoms with Crippen molar-refractivity contribution in [1.29, 1.82) is 0 Å². The number of nitrogens with zero attached hydrogens (tertiary/aromatic N) is 3. The van der Waals surface area contributed by atoms with Crippen LogP contribution in [0.15, 0.2) is 128 Å². The molecule has 0 aromatic heterocycles. The number of carbonyl (C=O) groups is 3. The van der Waals surface area contributed by atoms with Gasteiger partial charge in [-0.3, -0.25) is 14.4 Å². The van der Waals surface area contributed by atoms with Gasteiger partial charge in [-0.1, -0.05) is 103 Å². The molecule has 3 amide bonds. The van der Waals surface area contributed by atoms with Crippen molar-refractivity contribution < 1.29 is 24.2 Å². The molecule has 7 rings (SSSR count). The number of anilines is 1. The third-order valence-electron chi connectivity index (χ3n) is 10.7. The Kier molecular flexibility index (Phi) is 9.40. The van der Waals surface area contributed by atoms with Gasteiger partial charge in [-0.2, -0.15) is 0 Å². The summed E-state index contributed by atoms with van der Waals surface area (Å²) in [4.78, 5) is 49.7. The molecule has 2 bridgehead atoms. The predicted molar refractivity (Wildman–Crippen MR) is 194 cm³/mol. The van der Waals surface area contributed by atoms with Crippen LogP contribution in [0.3, 0.4) is 0 Å². The minimum atomic E-state index is -1.23. The van der Waals surface area contributed by atoms with Crippen LogP contribution in [-0.4, -0.2) is 76.1 Å². The molecule has 8 nitrogen and oxygen atoms in total. The van der Waals surface area contributed by atoms with Gasteiger partial charge in [0.2, 0.25) is 11.8 Å². The maximum absolute atomic E-state index is 15.2. The molecule has 3 saturated heterocycles. The maximum atomic E-state index is 15.2. The largest absolute Gasteiger partial charge is 0.394 e. The quantitative estimate of drug-likeness (QED) is 0.189. The molecule has 8 heteroatoms. The van der Waals surface area contributed by atoms with Crippen LogP contribution in [0.2, 0.25) is 0 Å². The molecule has 1 spiro atoms. The van der Waals surface area contributed by atoms with Crippen LogP contribution in [0, 0.1) is 11.8 Å². The molecule has 0 saturated carbocycles. The number of likely N-dealkylation sites (tertiary alicyclic amines) is 1. The highest BCUT2D eigenvalue weighted by atomic mass is 16.5. The third-order valence-corrected chi connectivity index (χ3v) is 10.7. The van der Waals surface area contributed by atoms with E-state index in [9.17, 15) is 14.7 Å². The number of rotatable bonds is 13. The van der Waals surface area contributed by atoms with Crippen molar-refractivity contribution in [1.82, 2.24) is 9.80 Å². The van der Waals surface area contributed by atoms with Crippen molar-refractivity contribution in [3.05, 3.63) is 140 Å². The van der Waals surface area contributed by atoms with Gasteiger partial charge < -0.3 is 24.5 Å². The Labute approximate surface area is 293 Å². The van der Waals surface area contributed by atoms with E-state index >= 15 is 4.79 Å². The first-order chi connectivity index (χ1) is 24.4. The molecule has 256 valence electrons. The zero-order valence-corrected chi connectivity index (χ0v) is 28.1. The summed E-state index contributed by atoms with van der Waals surface area (Å²) in [5.41, 5.74) is 1.33. The molecule has 4 aromatic rings. The fraction of sp³-hybridized carbons (Fsp3) is 0.310. The first kappa shape index (κ1) is 33.4. The molecule has 2 unspecified atom stereocenters. The lowest BCUT2D eigenvalue weighted by atomic mass is 9.70. The Morgan fingerprint density at radius 1 is 0.880 bits per heavy atom. The van der Waals surface area contributed by atoms with Gasteiger partial charge >= 0.3 is 0 Å². The smallest absolute Gasteiger partial charge is 0.253 e. The zero-order valence-electron chi connectivity index (χ0n) is 28.1. The molecular weight excluding hydrogens is 626 g/mol. The Morgan fingerprint density at radius 3 is 2.22 bits per heavy atom. The van der Waals surface area contributed by atoms with Crippen molar-refractivity contribution in [2.75, 3.05) is 24.6 Å². The van der Waals surface area contributed by atoms with Gasteiger partial charge in [-0.25, -0.2) is 0 Å². The van der Waals surface area contributed by atoms with E-state index in [1.807, 2.05) is 103 Å². The second-order valence-electron chi connectivity index (χ2n) is 13.6. The van der Waals surface area contributed by atoms with E-state index in [4.69, 9.17) is 4.74 Å². The lowest BCUT2D eigenvalue weighted by Crippen LogP contribution is -2.59. The molecule has 0 aliphatic carbocycles. The van der Waals surface area contributed by atoms with Gasteiger partial charge in [0.25, 0.3) is 5.91 Å². The van der Waals surface area contributed by atoms with E-state index in [0.717, 1.165) is 21.9 Å².